The fraction of sp³-hybridized carbons (Fsp3) is 0.182. The van der Waals surface area contributed by atoms with Crippen LogP contribution < -0.4 is 0 Å². The van der Waals surface area contributed by atoms with Gasteiger partial charge >= 0.3 is 0 Å². The zero-order valence-electron chi connectivity index (χ0n) is 13.7. The molecule has 3 aromatic carbocycles. The van der Waals surface area contributed by atoms with Crippen molar-refractivity contribution in [2.45, 2.75) is 19.3 Å². The lowest BCUT2D eigenvalue weighted by atomic mass is 9.82. The maximum atomic E-state index is 2.34. The fourth-order valence-corrected chi connectivity index (χ4v) is 4.44. The van der Waals surface area contributed by atoms with Gasteiger partial charge in [0.25, 0.3) is 0 Å². The van der Waals surface area contributed by atoms with Gasteiger partial charge in [0.05, 0.1) is 0 Å². The third kappa shape index (κ3) is 1.43. The Bertz CT molecular complexity index is 1100. The molecule has 1 aliphatic carbocycles. The van der Waals surface area contributed by atoms with E-state index in [0.717, 1.165) is 0 Å². The van der Waals surface area contributed by atoms with Gasteiger partial charge in [-0.05, 0) is 34.4 Å². The Morgan fingerprint density at radius 1 is 0.739 bits per heavy atom. The number of aryl methyl sites for hydroxylation is 1. The molecule has 0 saturated heterocycles. The molecule has 0 aliphatic heterocycles. The van der Waals surface area contributed by atoms with Crippen LogP contribution in [0.25, 0.3) is 32.9 Å². The SMILES string of the molecule is Cn1c2ccccc2c2c3c(ccc21)C(C)(C)c1ccccc1-3. The summed E-state index contributed by atoms with van der Waals surface area (Å²) in [5.74, 6) is 0. The Morgan fingerprint density at radius 3 is 2.35 bits per heavy atom. The minimum Gasteiger partial charge on any atom is -0.344 e. The molecule has 0 radical (unpaired) electrons. The minimum absolute atomic E-state index is 0.0665. The molecular weight excluding hydrogens is 278 g/mol. The maximum Gasteiger partial charge on any atom is 0.0495 e. The zero-order chi connectivity index (χ0) is 15.8. The number of hydrogen-bond acceptors (Lipinski definition) is 0. The molecule has 0 saturated carbocycles. The van der Waals surface area contributed by atoms with Crippen molar-refractivity contribution in [1.82, 2.24) is 4.57 Å². The first kappa shape index (κ1) is 13.0. The van der Waals surface area contributed by atoms with E-state index in [4.69, 9.17) is 0 Å². The first-order valence-electron chi connectivity index (χ1n) is 8.21. The summed E-state index contributed by atoms with van der Waals surface area (Å²) in [5, 5.41) is 2.76. The van der Waals surface area contributed by atoms with Crippen LogP contribution in [0, 0.1) is 0 Å². The summed E-state index contributed by atoms with van der Waals surface area (Å²) in [7, 11) is 2.17. The van der Waals surface area contributed by atoms with Crippen LogP contribution in [0.5, 0.6) is 0 Å². The molecule has 23 heavy (non-hydrogen) atoms. The van der Waals surface area contributed by atoms with Gasteiger partial charge in [-0.1, -0.05) is 62.4 Å². The van der Waals surface area contributed by atoms with Crippen LogP contribution in [0.15, 0.2) is 60.7 Å². The second-order valence-corrected chi connectivity index (χ2v) is 7.13. The van der Waals surface area contributed by atoms with Gasteiger partial charge in [0.1, 0.15) is 0 Å². The van der Waals surface area contributed by atoms with E-state index in [1.54, 1.807) is 0 Å². The highest BCUT2D eigenvalue weighted by molar-refractivity contribution is 6.17. The highest BCUT2D eigenvalue weighted by Gasteiger charge is 2.36. The summed E-state index contributed by atoms with van der Waals surface area (Å²) in [5.41, 5.74) is 8.40. The first-order valence-corrected chi connectivity index (χ1v) is 8.21. The van der Waals surface area contributed by atoms with Gasteiger partial charge < -0.3 is 4.57 Å². The Kier molecular flexibility index (Phi) is 2.28. The van der Waals surface area contributed by atoms with E-state index in [1.165, 1.54) is 44.1 Å². The standard InChI is InChI=1S/C22H19N/c1-22(2)16-10-6-4-8-14(16)20-17(22)12-13-19-21(20)15-9-5-7-11-18(15)23(19)3/h4-13H,1-3H3. The van der Waals surface area contributed by atoms with Crippen molar-refractivity contribution in [2.24, 2.45) is 7.05 Å². The number of aromatic nitrogens is 1. The van der Waals surface area contributed by atoms with Crippen molar-refractivity contribution in [3.05, 3.63) is 71.8 Å². The summed E-state index contributed by atoms with van der Waals surface area (Å²) in [6, 6.07) is 22.3. The molecule has 112 valence electrons. The van der Waals surface area contributed by atoms with Crippen molar-refractivity contribution < 1.29 is 0 Å². The van der Waals surface area contributed by atoms with Crippen LogP contribution in [0.4, 0.5) is 0 Å². The van der Waals surface area contributed by atoms with Gasteiger partial charge in [0.15, 0.2) is 0 Å². The lowest BCUT2D eigenvalue weighted by molar-refractivity contribution is 0.661. The third-order valence-electron chi connectivity index (χ3n) is 5.62. The van der Waals surface area contributed by atoms with E-state index >= 15 is 0 Å². The molecule has 5 rings (SSSR count). The first-order chi connectivity index (χ1) is 11.1. The van der Waals surface area contributed by atoms with Gasteiger partial charge in [0, 0.05) is 34.3 Å². The number of fused-ring (bicyclic) bond motifs is 7. The average molecular weight is 297 g/mol. The van der Waals surface area contributed by atoms with Crippen LogP contribution in [0.3, 0.4) is 0 Å². The molecular formula is C22H19N. The van der Waals surface area contributed by atoms with E-state index in [0.29, 0.717) is 0 Å². The highest BCUT2D eigenvalue weighted by Crippen LogP contribution is 2.52. The predicted molar refractivity (Wildman–Crippen MR) is 98.0 cm³/mol. The Balaban J connectivity index is 2.08. The van der Waals surface area contributed by atoms with Gasteiger partial charge in [-0.15, -0.1) is 0 Å². The van der Waals surface area contributed by atoms with Crippen LogP contribution >= 0.6 is 0 Å². The van der Waals surface area contributed by atoms with Crippen LogP contribution in [-0.4, -0.2) is 4.57 Å². The largest absolute Gasteiger partial charge is 0.344 e. The topological polar surface area (TPSA) is 4.93 Å². The van der Waals surface area contributed by atoms with Crippen molar-refractivity contribution in [3.8, 4) is 11.1 Å². The van der Waals surface area contributed by atoms with Crippen molar-refractivity contribution >= 4 is 21.8 Å². The van der Waals surface area contributed by atoms with Crippen LogP contribution in [-0.2, 0) is 12.5 Å². The van der Waals surface area contributed by atoms with E-state index in [9.17, 15) is 0 Å². The van der Waals surface area contributed by atoms with Gasteiger partial charge in [0.2, 0.25) is 0 Å². The molecule has 0 unspecified atom stereocenters. The van der Waals surface area contributed by atoms with Crippen molar-refractivity contribution in [3.63, 3.8) is 0 Å². The molecule has 1 aromatic heterocycles. The van der Waals surface area contributed by atoms with Crippen molar-refractivity contribution in [1.29, 1.82) is 0 Å². The molecule has 0 atom stereocenters. The van der Waals surface area contributed by atoms with Gasteiger partial charge in [-0.25, -0.2) is 0 Å². The molecule has 0 bridgehead atoms. The van der Waals surface area contributed by atoms with Crippen LogP contribution in [0.1, 0.15) is 25.0 Å². The maximum absolute atomic E-state index is 2.34. The number of para-hydroxylation sites is 1. The molecule has 0 fully saturated rings. The van der Waals surface area contributed by atoms with Crippen molar-refractivity contribution in [2.75, 3.05) is 0 Å². The zero-order valence-corrected chi connectivity index (χ0v) is 13.7. The lowest BCUT2D eigenvalue weighted by Crippen LogP contribution is -2.14. The second kappa shape index (κ2) is 4.05. The van der Waals surface area contributed by atoms with Crippen LogP contribution in [0.2, 0.25) is 0 Å². The molecule has 1 heteroatoms. The number of benzene rings is 3. The highest BCUT2D eigenvalue weighted by atomic mass is 14.9. The fourth-order valence-electron chi connectivity index (χ4n) is 4.44. The quantitative estimate of drug-likeness (QED) is 0.396. The van der Waals surface area contributed by atoms with Gasteiger partial charge in [-0.3, -0.25) is 0 Å². The average Bonchev–Trinajstić information content (AvgIpc) is 2.99. The van der Waals surface area contributed by atoms with E-state index in [1.807, 2.05) is 0 Å². The lowest BCUT2D eigenvalue weighted by Gasteiger charge is -2.21. The molecule has 1 aliphatic rings. The Hall–Kier alpha value is -2.54. The summed E-state index contributed by atoms with van der Waals surface area (Å²) < 4.78 is 2.32. The van der Waals surface area contributed by atoms with E-state index in [2.05, 4.69) is 86.1 Å². The third-order valence-corrected chi connectivity index (χ3v) is 5.62. The van der Waals surface area contributed by atoms with E-state index < -0.39 is 0 Å². The normalized spacial score (nSPS) is 15.1. The minimum atomic E-state index is 0.0665. The number of hydrogen-bond donors (Lipinski definition) is 0. The number of nitrogens with zero attached hydrogens (tertiary/aromatic N) is 1. The number of rotatable bonds is 0. The second-order valence-electron chi connectivity index (χ2n) is 7.13. The van der Waals surface area contributed by atoms with Gasteiger partial charge in [-0.2, -0.15) is 0 Å². The summed E-state index contributed by atoms with van der Waals surface area (Å²) in [6.07, 6.45) is 0. The molecule has 0 spiro atoms. The Morgan fingerprint density at radius 2 is 1.48 bits per heavy atom. The predicted octanol–water partition coefficient (Wildman–Crippen LogP) is 5.64. The molecule has 0 N–H and O–H groups in total. The monoisotopic (exact) mass is 297 g/mol. The molecule has 1 nitrogen and oxygen atoms in total. The molecule has 4 aromatic rings. The molecule has 0 amide bonds. The van der Waals surface area contributed by atoms with E-state index in [-0.39, 0.29) is 5.41 Å². The Labute approximate surface area is 136 Å². The molecule has 1 heterocycles. The smallest absolute Gasteiger partial charge is 0.0495 e. The summed E-state index contributed by atoms with van der Waals surface area (Å²) in [4.78, 5) is 0. The summed E-state index contributed by atoms with van der Waals surface area (Å²) >= 11 is 0. The summed E-state index contributed by atoms with van der Waals surface area (Å²) in [6.45, 7) is 4.68.